The molecule has 1 saturated carbocycles. The second kappa shape index (κ2) is 7.81. The van der Waals surface area contributed by atoms with Gasteiger partial charge in [0, 0.05) is 19.4 Å². The summed E-state index contributed by atoms with van der Waals surface area (Å²) in [6, 6.07) is -1.19. The van der Waals surface area contributed by atoms with Gasteiger partial charge >= 0.3 is 0 Å². The van der Waals surface area contributed by atoms with Gasteiger partial charge in [0.2, 0.25) is 11.8 Å². The van der Waals surface area contributed by atoms with Crippen LogP contribution in [0.5, 0.6) is 0 Å². The summed E-state index contributed by atoms with van der Waals surface area (Å²) in [5.74, 6) is -3.31. The van der Waals surface area contributed by atoms with Gasteiger partial charge in [0.15, 0.2) is 6.10 Å². The van der Waals surface area contributed by atoms with Crippen LogP contribution in [0.4, 0.5) is 0 Å². The van der Waals surface area contributed by atoms with Crippen LogP contribution >= 0.6 is 0 Å². The molecular weight excluding hydrogens is 336 g/mol. The lowest BCUT2D eigenvalue weighted by Gasteiger charge is -2.39. The Morgan fingerprint density at radius 2 is 2.00 bits per heavy atom. The number of carboxylic acid groups (broad SMARTS) is 1. The van der Waals surface area contributed by atoms with Crippen LogP contribution in [0.3, 0.4) is 0 Å². The molecule has 2 aliphatic rings. The van der Waals surface area contributed by atoms with E-state index in [-0.39, 0.29) is 18.4 Å². The predicted molar refractivity (Wildman–Crippen MR) is 79.3 cm³/mol. The molecule has 2 amide bonds. The van der Waals surface area contributed by atoms with Crippen LogP contribution in [0, 0.1) is 5.92 Å². The monoisotopic (exact) mass is 357 g/mol. The number of amides is 2. The smallest absolute Gasteiger partial charge is 0.223 e. The first-order valence-electron chi connectivity index (χ1n) is 7.89. The minimum atomic E-state index is -1.71. The summed E-state index contributed by atoms with van der Waals surface area (Å²) >= 11 is 0. The second-order valence-electron chi connectivity index (χ2n) is 6.20. The zero-order chi connectivity index (χ0) is 18.7. The van der Waals surface area contributed by atoms with Crippen LogP contribution in [0.25, 0.3) is 0 Å². The number of carbonyl (C=O) groups is 3. The standard InChI is InChI=1S/C15H22N2O8/c1-6(18)17-11-8(19)4-10(15(23)24)25-13(11)12(21)9(20)5-16-14(22)7-2-3-7/h4,7-9,11-13,19-21H,2-3,5H2,1H3,(H,16,22)(H,17,18)(H,23,24)/p-1/t8-,9-,11-,12-,13?/m1/s1. The summed E-state index contributed by atoms with van der Waals surface area (Å²) in [4.78, 5) is 33.8. The second-order valence-corrected chi connectivity index (χ2v) is 6.20. The molecule has 1 unspecified atom stereocenters. The zero-order valence-corrected chi connectivity index (χ0v) is 13.5. The predicted octanol–water partition coefficient (Wildman–Crippen LogP) is -3.87. The number of aliphatic hydroxyl groups is 3. The summed E-state index contributed by atoms with van der Waals surface area (Å²) in [6.07, 6.45) is -3.74. The number of carboxylic acids is 1. The van der Waals surface area contributed by atoms with Crippen LogP contribution in [-0.2, 0) is 19.1 Å². The van der Waals surface area contributed by atoms with Gasteiger partial charge in [-0.1, -0.05) is 0 Å². The Bertz CT molecular complexity index is 574. The van der Waals surface area contributed by atoms with Gasteiger partial charge in [-0.3, -0.25) is 9.59 Å². The van der Waals surface area contributed by atoms with E-state index < -0.39 is 48.1 Å². The summed E-state index contributed by atoms with van der Waals surface area (Å²) in [6.45, 7) is 0.879. The fraction of sp³-hybridized carbons (Fsp3) is 0.667. The highest BCUT2D eigenvalue weighted by atomic mass is 16.5. The van der Waals surface area contributed by atoms with Crippen molar-refractivity contribution in [2.45, 2.75) is 50.2 Å². The molecule has 1 fully saturated rings. The lowest BCUT2D eigenvalue weighted by molar-refractivity contribution is -0.305. The average Bonchev–Trinajstić information content (AvgIpc) is 3.37. The van der Waals surface area contributed by atoms with E-state index in [4.69, 9.17) is 4.74 Å². The molecule has 1 heterocycles. The van der Waals surface area contributed by atoms with E-state index in [0.29, 0.717) is 0 Å². The molecule has 25 heavy (non-hydrogen) atoms. The quantitative estimate of drug-likeness (QED) is 0.308. The molecule has 10 heteroatoms. The van der Waals surface area contributed by atoms with Crippen LogP contribution in [0.2, 0.25) is 0 Å². The molecule has 0 aromatic heterocycles. The summed E-state index contributed by atoms with van der Waals surface area (Å²) in [5.41, 5.74) is 0. The van der Waals surface area contributed by atoms with Gasteiger partial charge < -0.3 is 40.6 Å². The first-order chi connectivity index (χ1) is 11.7. The van der Waals surface area contributed by atoms with Crippen molar-refractivity contribution < 1.29 is 39.5 Å². The Kier molecular flexibility index (Phi) is 5.98. The number of hydrogen-bond donors (Lipinski definition) is 5. The van der Waals surface area contributed by atoms with E-state index in [1.54, 1.807) is 0 Å². The number of hydrogen-bond acceptors (Lipinski definition) is 8. The van der Waals surface area contributed by atoms with Gasteiger partial charge in [-0.25, -0.2) is 0 Å². The van der Waals surface area contributed by atoms with Crippen molar-refractivity contribution in [2.75, 3.05) is 6.54 Å². The maximum Gasteiger partial charge on any atom is 0.223 e. The Morgan fingerprint density at radius 3 is 2.52 bits per heavy atom. The molecule has 1 aliphatic heterocycles. The van der Waals surface area contributed by atoms with Gasteiger partial charge in [0.1, 0.15) is 23.9 Å². The third kappa shape index (κ3) is 4.91. The molecule has 0 spiro atoms. The first kappa shape index (κ1) is 19.2. The van der Waals surface area contributed by atoms with Crippen LogP contribution in [-0.4, -0.2) is 70.1 Å². The highest BCUT2D eigenvalue weighted by Crippen LogP contribution is 2.28. The maximum absolute atomic E-state index is 11.6. The molecule has 0 radical (unpaired) electrons. The highest BCUT2D eigenvalue weighted by molar-refractivity contribution is 5.83. The molecule has 0 bridgehead atoms. The molecule has 2 rings (SSSR count). The molecule has 0 saturated heterocycles. The van der Waals surface area contributed by atoms with Crippen molar-refractivity contribution in [3.8, 4) is 0 Å². The molecule has 1 aliphatic carbocycles. The fourth-order valence-corrected chi connectivity index (χ4v) is 2.55. The Balaban J connectivity index is 2.07. The van der Waals surface area contributed by atoms with Crippen molar-refractivity contribution in [2.24, 2.45) is 5.92 Å². The fourth-order valence-electron chi connectivity index (χ4n) is 2.55. The van der Waals surface area contributed by atoms with Gasteiger partial charge in [-0.05, 0) is 18.9 Å². The van der Waals surface area contributed by atoms with E-state index in [1.807, 2.05) is 0 Å². The first-order valence-corrected chi connectivity index (χ1v) is 7.89. The number of aliphatic hydroxyl groups excluding tert-OH is 3. The van der Waals surface area contributed by atoms with Gasteiger partial charge in [0.25, 0.3) is 0 Å². The third-order valence-corrected chi connectivity index (χ3v) is 4.04. The number of carbonyl (C=O) groups excluding carboxylic acids is 3. The summed E-state index contributed by atoms with van der Waals surface area (Å²) < 4.78 is 5.08. The maximum atomic E-state index is 11.6. The molecule has 5 N–H and O–H groups in total. The number of aliphatic carboxylic acids is 1. The normalized spacial score (nSPS) is 28.2. The Labute approximate surface area is 143 Å². The summed E-state index contributed by atoms with van der Waals surface area (Å²) in [7, 11) is 0. The lowest BCUT2D eigenvalue weighted by atomic mass is 9.93. The van der Waals surface area contributed by atoms with E-state index in [1.165, 1.54) is 6.92 Å². The molecule has 10 nitrogen and oxygen atoms in total. The highest BCUT2D eigenvalue weighted by Gasteiger charge is 2.42. The number of rotatable bonds is 7. The van der Waals surface area contributed by atoms with E-state index in [2.05, 4.69) is 10.6 Å². The largest absolute Gasteiger partial charge is 0.542 e. The summed E-state index contributed by atoms with van der Waals surface area (Å²) in [5, 5.41) is 46.1. The minimum absolute atomic E-state index is 0.0863. The van der Waals surface area contributed by atoms with E-state index >= 15 is 0 Å². The van der Waals surface area contributed by atoms with Crippen LogP contribution in [0.15, 0.2) is 11.8 Å². The van der Waals surface area contributed by atoms with Crippen LogP contribution < -0.4 is 15.7 Å². The molecule has 0 aromatic rings. The lowest BCUT2D eigenvalue weighted by Crippen LogP contribution is -2.60. The SMILES string of the molecule is CC(=O)N[C@H]1C([C@H](O)[C@H](O)CNC(=O)C2CC2)OC(C(=O)[O-])=C[C@H]1O. The molecular formula is C15H21N2O8-. The third-order valence-electron chi connectivity index (χ3n) is 4.04. The van der Waals surface area contributed by atoms with E-state index in [9.17, 15) is 34.8 Å². The van der Waals surface area contributed by atoms with E-state index in [0.717, 1.165) is 18.9 Å². The number of nitrogens with one attached hydrogen (secondary N) is 2. The average molecular weight is 357 g/mol. The van der Waals surface area contributed by atoms with Crippen LogP contribution in [0.1, 0.15) is 19.8 Å². The molecule has 140 valence electrons. The molecule has 5 atom stereocenters. The van der Waals surface area contributed by atoms with Crippen molar-refractivity contribution in [1.29, 1.82) is 0 Å². The minimum Gasteiger partial charge on any atom is -0.542 e. The topological polar surface area (TPSA) is 168 Å². The van der Waals surface area contributed by atoms with Gasteiger partial charge in [0.05, 0.1) is 12.1 Å². The zero-order valence-electron chi connectivity index (χ0n) is 13.5. The Morgan fingerprint density at radius 1 is 1.36 bits per heavy atom. The van der Waals surface area contributed by atoms with Crippen molar-refractivity contribution in [3.63, 3.8) is 0 Å². The van der Waals surface area contributed by atoms with Gasteiger partial charge in [-0.2, -0.15) is 0 Å². The Hall–Kier alpha value is -2.17. The van der Waals surface area contributed by atoms with Crippen molar-refractivity contribution in [3.05, 3.63) is 11.8 Å². The van der Waals surface area contributed by atoms with Crippen molar-refractivity contribution >= 4 is 17.8 Å². The van der Waals surface area contributed by atoms with Gasteiger partial charge in [-0.15, -0.1) is 0 Å². The van der Waals surface area contributed by atoms with Crippen molar-refractivity contribution in [1.82, 2.24) is 10.6 Å². The molecule has 0 aromatic carbocycles. The number of ether oxygens (including phenoxy) is 1.